The molecule has 3 aromatic rings. The Morgan fingerprint density at radius 1 is 1.00 bits per heavy atom. The minimum atomic E-state index is -0.0699. The van der Waals surface area contributed by atoms with E-state index in [1.807, 2.05) is 13.8 Å². The molecular formula is C18H16N2O5. The molecule has 4 rings (SSSR count). The Bertz CT molecular complexity index is 949. The van der Waals surface area contributed by atoms with Crippen LogP contribution in [0.4, 0.5) is 0 Å². The monoisotopic (exact) mass is 340 g/mol. The predicted molar refractivity (Wildman–Crippen MR) is 89.2 cm³/mol. The van der Waals surface area contributed by atoms with E-state index in [1.165, 1.54) is 12.5 Å². The zero-order valence-electron chi connectivity index (χ0n) is 13.6. The van der Waals surface area contributed by atoms with Gasteiger partial charge in [0.05, 0.1) is 0 Å². The van der Waals surface area contributed by atoms with Crippen molar-refractivity contribution >= 4 is 0 Å². The van der Waals surface area contributed by atoms with Gasteiger partial charge in [-0.25, -0.2) is 4.98 Å². The van der Waals surface area contributed by atoms with Gasteiger partial charge in [-0.2, -0.15) is 0 Å². The highest BCUT2D eigenvalue weighted by atomic mass is 16.9. The summed E-state index contributed by atoms with van der Waals surface area (Å²) in [5, 5.41) is 20.3. The van der Waals surface area contributed by atoms with Crippen LogP contribution in [0.3, 0.4) is 0 Å². The highest BCUT2D eigenvalue weighted by molar-refractivity contribution is 5.81. The number of phenols is 2. The van der Waals surface area contributed by atoms with Gasteiger partial charge in [0.1, 0.15) is 17.2 Å². The zero-order chi connectivity index (χ0) is 17.6. The van der Waals surface area contributed by atoms with Crippen molar-refractivity contribution in [3.63, 3.8) is 0 Å². The van der Waals surface area contributed by atoms with E-state index in [2.05, 4.69) is 10.6 Å². The Hall–Kier alpha value is -3.19. The summed E-state index contributed by atoms with van der Waals surface area (Å²) in [6.45, 7) is 3.93. The lowest BCUT2D eigenvalue weighted by molar-refractivity contribution is 0.0260. The fraction of sp³-hybridized carbons (Fsp3) is 0.167. The lowest BCUT2D eigenvalue weighted by Crippen LogP contribution is -2.14. The zero-order valence-corrected chi connectivity index (χ0v) is 13.6. The van der Waals surface area contributed by atoms with Gasteiger partial charge >= 0.3 is 0 Å². The lowest BCUT2D eigenvalue weighted by Gasteiger charge is -2.12. The molecule has 0 atom stereocenters. The Kier molecular flexibility index (Phi) is 3.51. The van der Waals surface area contributed by atoms with E-state index >= 15 is 0 Å². The molecule has 25 heavy (non-hydrogen) atoms. The predicted octanol–water partition coefficient (Wildman–Crippen LogP) is 3.73. The summed E-state index contributed by atoms with van der Waals surface area (Å²) in [6.07, 6.45) is 1.31. The normalized spacial score (nSPS) is 12.8. The van der Waals surface area contributed by atoms with Crippen molar-refractivity contribution in [1.29, 1.82) is 0 Å². The summed E-state index contributed by atoms with van der Waals surface area (Å²) >= 11 is 0. The summed E-state index contributed by atoms with van der Waals surface area (Å²) in [5.74, 6) is 1.65. The summed E-state index contributed by atoms with van der Waals surface area (Å²) < 4.78 is 5.55. The van der Waals surface area contributed by atoms with Gasteiger partial charge in [-0.3, -0.25) is 0 Å². The Morgan fingerprint density at radius 2 is 1.80 bits per heavy atom. The van der Waals surface area contributed by atoms with Crippen LogP contribution in [0, 0.1) is 0 Å². The third-order valence-electron chi connectivity index (χ3n) is 4.10. The van der Waals surface area contributed by atoms with Gasteiger partial charge in [0.15, 0.2) is 23.7 Å². The maximum Gasteiger partial charge on any atom is 0.196 e. The molecule has 0 saturated heterocycles. The molecule has 1 aromatic heterocycles. The van der Waals surface area contributed by atoms with Crippen LogP contribution in [0.5, 0.6) is 23.0 Å². The van der Waals surface area contributed by atoms with E-state index < -0.39 is 0 Å². The average molecular weight is 340 g/mol. The van der Waals surface area contributed by atoms with E-state index in [9.17, 15) is 10.2 Å². The van der Waals surface area contributed by atoms with Gasteiger partial charge < -0.3 is 24.3 Å². The molecule has 7 heteroatoms. The maximum atomic E-state index is 10.3. The van der Waals surface area contributed by atoms with Crippen LogP contribution in [-0.2, 0) is 0 Å². The molecule has 0 saturated carbocycles. The first-order chi connectivity index (χ1) is 12.0. The van der Waals surface area contributed by atoms with Crippen molar-refractivity contribution < 1.29 is 24.3 Å². The molecule has 0 fully saturated rings. The van der Waals surface area contributed by atoms with Gasteiger partial charge in [0, 0.05) is 22.8 Å². The Balaban J connectivity index is 1.84. The minimum Gasteiger partial charge on any atom is -0.508 e. The quantitative estimate of drug-likeness (QED) is 0.668. The standard InChI is InChI=1S/C18H16N2O5/c1-9(2)11-6-12(14(22)7-13(11)21)17-18(23-8-19-17)10-3-4-15-16(5-10)25-20-24-15/h3-9,20-22H,1-2H3. The number of oxazole rings is 1. The molecule has 0 aliphatic carbocycles. The second kappa shape index (κ2) is 5.71. The highest BCUT2D eigenvalue weighted by Crippen LogP contribution is 2.42. The molecule has 7 nitrogen and oxygen atoms in total. The number of hydrogen-bond donors (Lipinski definition) is 3. The van der Waals surface area contributed by atoms with Crippen molar-refractivity contribution in [2.45, 2.75) is 19.8 Å². The van der Waals surface area contributed by atoms with E-state index in [-0.39, 0.29) is 17.4 Å². The fourth-order valence-electron chi connectivity index (χ4n) is 2.81. The first-order valence-electron chi connectivity index (χ1n) is 7.77. The Morgan fingerprint density at radius 3 is 2.60 bits per heavy atom. The van der Waals surface area contributed by atoms with Gasteiger partial charge in [0.2, 0.25) is 0 Å². The number of nitrogens with one attached hydrogen (secondary N) is 1. The smallest absolute Gasteiger partial charge is 0.196 e. The maximum absolute atomic E-state index is 10.3. The van der Waals surface area contributed by atoms with Gasteiger partial charge in [0.25, 0.3) is 0 Å². The van der Waals surface area contributed by atoms with E-state index in [4.69, 9.17) is 14.1 Å². The largest absolute Gasteiger partial charge is 0.508 e. The van der Waals surface area contributed by atoms with Gasteiger partial charge in [-0.15, -0.1) is 0 Å². The van der Waals surface area contributed by atoms with Gasteiger partial charge in [-0.05, 0) is 35.7 Å². The van der Waals surface area contributed by atoms with Crippen LogP contribution in [0.2, 0.25) is 0 Å². The van der Waals surface area contributed by atoms with Crippen LogP contribution in [0.25, 0.3) is 22.6 Å². The molecular weight excluding hydrogens is 324 g/mol. The molecule has 0 bridgehead atoms. The molecule has 2 heterocycles. The molecule has 0 unspecified atom stereocenters. The number of rotatable bonds is 3. The van der Waals surface area contributed by atoms with E-state index in [0.717, 1.165) is 11.1 Å². The summed E-state index contributed by atoms with van der Waals surface area (Å²) in [6, 6.07) is 8.35. The topological polar surface area (TPSA) is 97.0 Å². The molecule has 0 amide bonds. The molecule has 1 aliphatic rings. The SMILES string of the molecule is CC(C)c1cc(-c2ncoc2-c2ccc3c(c2)ONO3)c(O)cc1O. The fourth-order valence-corrected chi connectivity index (χ4v) is 2.81. The van der Waals surface area contributed by atoms with Crippen LogP contribution in [0.1, 0.15) is 25.3 Å². The second-order valence-corrected chi connectivity index (χ2v) is 6.06. The van der Waals surface area contributed by atoms with Crippen LogP contribution >= 0.6 is 0 Å². The van der Waals surface area contributed by atoms with Crippen molar-refractivity contribution in [2.24, 2.45) is 0 Å². The molecule has 0 radical (unpaired) electrons. The number of fused-ring (bicyclic) bond motifs is 1. The van der Waals surface area contributed by atoms with E-state index in [0.29, 0.717) is 28.5 Å². The lowest BCUT2D eigenvalue weighted by atomic mass is 9.96. The molecule has 2 aromatic carbocycles. The number of hydrogen-bond acceptors (Lipinski definition) is 7. The van der Waals surface area contributed by atoms with Gasteiger partial charge in [-0.1, -0.05) is 13.8 Å². The van der Waals surface area contributed by atoms with Crippen molar-refractivity contribution in [3.8, 4) is 45.6 Å². The van der Waals surface area contributed by atoms with Crippen molar-refractivity contribution in [1.82, 2.24) is 10.6 Å². The molecule has 0 spiro atoms. The third-order valence-corrected chi connectivity index (χ3v) is 4.10. The van der Waals surface area contributed by atoms with E-state index in [1.54, 1.807) is 24.3 Å². The summed E-state index contributed by atoms with van der Waals surface area (Å²) in [4.78, 5) is 14.5. The van der Waals surface area contributed by atoms with Crippen LogP contribution < -0.4 is 15.3 Å². The summed E-state index contributed by atoms with van der Waals surface area (Å²) in [5.41, 5.74) is 4.73. The number of aromatic hydroxyl groups is 2. The van der Waals surface area contributed by atoms with Crippen LogP contribution in [0.15, 0.2) is 41.1 Å². The van der Waals surface area contributed by atoms with Crippen LogP contribution in [-0.4, -0.2) is 15.2 Å². The molecule has 128 valence electrons. The average Bonchev–Trinajstić information content (AvgIpc) is 3.22. The van der Waals surface area contributed by atoms with Crippen molar-refractivity contribution in [2.75, 3.05) is 0 Å². The number of phenolic OH excluding ortho intramolecular Hbond substituents is 2. The second-order valence-electron chi connectivity index (χ2n) is 6.06. The number of benzene rings is 2. The number of aromatic nitrogens is 1. The molecule has 3 N–H and O–H groups in total. The molecule has 1 aliphatic heterocycles. The Labute approximate surface area is 143 Å². The van der Waals surface area contributed by atoms with Crippen molar-refractivity contribution in [3.05, 3.63) is 42.3 Å². The first kappa shape index (κ1) is 15.3. The minimum absolute atomic E-state index is 0.0513. The third kappa shape index (κ3) is 2.54. The summed E-state index contributed by atoms with van der Waals surface area (Å²) in [7, 11) is 0. The first-order valence-corrected chi connectivity index (χ1v) is 7.77. The highest BCUT2D eigenvalue weighted by Gasteiger charge is 2.22. The number of nitrogens with zero attached hydrogens (tertiary/aromatic N) is 1.